The second-order valence-electron chi connectivity index (χ2n) is 7.27. The van der Waals surface area contributed by atoms with E-state index in [2.05, 4.69) is 39.5 Å². The summed E-state index contributed by atoms with van der Waals surface area (Å²) in [5.41, 5.74) is 1.39. The van der Waals surface area contributed by atoms with Gasteiger partial charge in [-0.3, -0.25) is 4.99 Å². The lowest BCUT2D eigenvalue weighted by Gasteiger charge is -2.39. The summed E-state index contributed by atoms with van der Waals surface area (Å²) in [6.45, 7) is 5.46. The highest BCUT2D eigenvalue weighted by Crippen LogP contribution is 2.23. The molecular weight excluding hydrogens is 461 g/mol. The summed E-state index contributed by atoms with van der Waals surface area (Å²) in [5, 5.41) is 3.38. The summed E-state index contributed by atoms with van der Waals surface area (Å²) in [6.07, 6.45) is 4.55. The summed E-state index contributed by atoms with van der Waals surface area (Å²) in [4.78, 5) is 6.39. The van der Waals surface area contributed by atoms with Gasteiger partial charge in [-0.25, -0.2) is 8.42 Å². The Bertz CT molecular complexity index is 675. The fraction of sp³-hybridized carbons (Fsp3) is 0.632. The SMILES string of the molecule is CN=C(NCCCCCc1ccccc1)N1CCS(=O)(=O)C(C)(C)C1.I. The zero-order valence-corrected chi connectivity index (χ0v) is 19.2. The van der Waals surface area contributed by atoms with E-state index in [0.29, 0.717) is 13.1 Å². The summed E-state index contributed by atoms with van der Waals surface area (Å²) < 4.78 is 23.5. The molecule has 0 radical (unpaired) electrons. The predicted octanol–water partition coefficient (Wildman–Crippen LogP) is 3.10. The van der Waals surface area contributed by atoms with Crippen molar-refractivity contribution in [3.63, 3.8) is 0 Å². The van der Waals surface area contributed by atoms with E-state index >= 15 is 0 Å². The molecule has 1 saturated heterocycles. The van der Waals surface area contributed by atoms with E-state index in [1.807, 2.05) is 6.07 Å². The molecule has 1 aromatic carbocycles. The smallest absolute Gasteiger partial charge is 0.193 e. The first-order valence-electron chi connectivity index (χ1n) is 9.07. The molecule has 0 saturated carbocycles. The van der Waals surface area contributed by atoms with Crippen molar-refractivity contribution >= 4 is 39.8 Å². The fourth-order valence-corrected chi connectivity index (χ4v) is 4.50. The molecule has 1 aliphatic rings. The van der Waals surface area contributed by atoms with Crippen LogP contribution in [0.15, 0.2) is 35.3 Å². The van der Waals surface area contributed by atoms with Crippen molar-refractivity contribution in [2.24, 2.45) is 4.99 Å². The van der Waals surface area contributed by atoms with E-state index in [9.17, 15) is 8.42 Å². The Morgan fingerprint density at radius 3 is 2.50 bits per heavy atom. The highest BCUT2D eigenvalue weighted by atomic mass is 127. The molecule has 1 aliphatic heterocycles. The number of sulfone groups is 1. The zero-order valence-electron chi connectivity index (χ0n) is 16.1. The van der Waals surface area contributed by atoms with E-state index in [1.54, 1.807) is 20.9 Å². The number of nitrogens with zero attached hydrogens (tertiary/aromatic N) is 2. The van der Waals surface area contributed by atoms with Crippen LogP contribution in [0.5, 0.6) is 0 Å². The van der Waals surface area contributed by atoms with Crippen LogP contribution in [0.2, 0.25) is 0 Å². The molecule has 148 valence electrons. The van der Waals surface area contributed by atoms with Crippen molar-refractivity contribution in [1.82, 2.24) is 10.2 Å². The van der Waals surface area contributed by atoms with Crippen LogP contribution in [0.1, 0.15) is 38.7 Å². The Hall–Kier alpha value is -0.830. The van der Waals surface area contributed by atoms with Gasteiger partial charge in [0.2, 0.25) is 0 Å². The van der Waals surface area contributed by atoms with Gasteiger partial charge in [-0.2, -0.15) is 0 Å². The van der Waals surface area contributed by atoms with E-state index in [0.717, 1.165) is 25.3 Å². The van der Waals surface area contributed by atoms with Gasteiger partial charge in [-0.05, 0) is 38.7 Å². The first-order valence-corrected chi connectivity index (χ1v) is 10.7. The van der Waals surface area contributed by atoms with Gasteiger partial charge in [-0.1, -0.05) is 36.8 Å². The van der Waals surface area contributed by atoms with Crippen LogP contribution in [0.4, 0.5) is 0 Å². The lowest BCUT2D eigenvalue weighted by atomic mass is 10.1. The number of aliphatic imine (C=N–C) groups is 1. The summed E-state index contributed by atoms with van der Waals surface area (Å²) in [5.74, 6) is 1.00. The van der Waals surface area contributed by atoms with E-state index in [4.69, 9.17) is 0 Å². The maximum absolute atomic E-state index is 12.1. The lowest BCUT2D eigenvalue weighted by Crippen LogP contribution is -2.57. The molecule has 1 N–H and O–H groups in total. The Kier molecular flexibility index (Phi) is 9.36. The van der Waals surface area contributed by atoms with Gasteiger partial charge < -0.3 is 10.2 Å². The van der Waals surface area contributed by atoms with Crippen LogP contribution in [0, 0.1) is 0 Å². The van der Waals surface area contributed by atoms with Crippen LogP contribution in [0.25, 0.3) is 0 Å². The minimum atomic E-state index is -3.02. The molecule has 0 unspecified atom stereocenters. The van der Waals surface area contributed by atoms with Gasteiger partial charge in [0, 0.05) is 26.7 Å². The zero-order chi connectivity index (χ0) is 18.3. The average Bonchev–Trinajstić information content (AvgIpc) is 2.58. The minimum Gasteiger partial charge on any atom is -0.356 e. The van der Waals surface area contributed by atoms with Gasteiger partial charge in [0.1, 0.15) is 0 Å². The Labute approximate surface area is 175 Å². The predicted molar refractivity (Wildman–Crippen MR) is 120 cm³/mol. The van der Waals surface area contributed by atoms with Crippen LogP contribution in [-0.2, 0) is 16.3 Å². The summed E-state index contributed by atoms with van der Waals surface area (Å²) in [7, 11) is -1.26. The Morgan fingerprint density at radius 2 is 1.88 bits per heavy atom. The number of halogens is 1. The maximum atomic E-state index is 12.1. The maximum Gasteiger partial charge on any atom is 0.193 e. The molecule has 1 fully saturated rings. The van der Waals surface area contributed by atoms with E-state index < -0.39 is 14.6 Å². The molecule has 5 nitrogen and oxygen atoms in total. The van der Waals surface area contributed by atoms with Gasteiger partial charge in [0.15, 0.2) is 15.8 Å². The molecule has 0 amide bonds. The number of unbranched alkanes of at least 4 members (excludes halogenated alkanes) is 2. The quantitative estimate of drug-likeness (QED) is 0.287. The van der Waals surface area contributed by atoms with Gasteiger partial charge in [-0.15, -0.1) is 24.0 Å². The van der Waals surface area contributed by atoms with Gasteiger partial charge in [0.25, 0.3) is 0 Å². The monoisotopic (exact) mass is 493 g/mol. The number of hydrogen-bond donors (Lipinski definition) is 1. The average molecular weight is 493 g/mol. The molecule has 1 heterocycles. The number of aryl methyl sites for hydroxylation is 1. The highest BCUT2D eigenvalue weighted by molar-refractivity contribution is 14.0. The molecule has 0 bridgehead atoms. The second kappa shape index (κ2) is 10.5. The lowest BCUT2D eigenvalue weighted by molar-refractivity contribution is 0.353. The molecule has 1 aromatic rings. The normalized spacial score (nSPS) is 18.9. The van der Waals surface area contributed by atoms with Crippen LogP contribution < -0.4 is 5.32 Å². The Balaban J connectivity index is 0.00000338. The molecule has 7 heteroatoms. The largest absolute Gasteiger partial charge is 0.356 e. The van der Waals surface area contributed by atoms with Gasteiger partial charge >= 0.3 is 0 Å². The number of rotatable bonds is 6. The number of hydrogen-bond acceptors (Lipinski definition) is 3. The molecule has 0 aliphatic carbocycles. The number of benzene rings is 1. The van der Waals surface area contributed by atoms with Crippen LogP contribution in [-0.4, -0.2) is 56.5 Å². The molecule has 0 aromatic heterocycles. The highest BCUT2D eigenvalue weighted by Gasteiger charge is 2.40. The summed E-state index contributed by atoms with van der Waals surface area (Å²) in [6, 6.07) is 10.6. The van der Waals surface area contributed by atoms with Crippen molar-refractivity contribution in [1.29, 1.82) is 0 Å². The standard InChI is InChI=1S/C19H31N3O2S.HI/c1-19(2)16-22(14-15-25(19,23)24)18(20-3)21-13-9-5-8-12-17-10-6-4-7-11-17;/h4,6-7,10-11H,5,8-9,12-16H2,1-3H3,(H,20,21);1H. The van der Waals surface area contributed by atoms with Crippen molar-refractivity contribution in [2.75, 3.05) is 32.4 Å². The molecular formula is C19H32IN3O2S. The minimum absolute atomic E-state index is 0. The second-order valence-corrected chi connectivity index (χ2v) is 10.0. The molecule has 0 spiro atoms. The topological polar surface area (TPSA) is 61.8 Å². The van der Waals surface area contributed by atoms with Gasteiger partial charge in [0.05, 0.1) is 10.5 Å². The number of guanidine groups is 1. The van der Waals surface area contributed by atoms with Crippen LogP contribution >= 0.6 is 24.0 Å². The third-order valence-corrected chi connectivity index (χ3v) is 7.36. The third kappa shape index (κ3) is 6.40. The third-order valence-electron chi connectivity index (χ3n) is 4.82. The fourth-order valence-electron chi connectivity index (χ4n) is 3.13. The van der Waals surface area contributed by atoms with Crippen molar-refractivity contribution in [2.45, 2.75) is 44.3 Å². The molecule has 2 rings (SSSR count). The van der Waals surface area contributed by atoms with E-state index in [1.165, 1.54) is 18.4 Å². The molecule has 26 heavy (non-hydrogen) atoms. The van der Waals surface area contributed by atoms with Crippen molar-refractivity contribution in [3.05, 3.63) is 35.9 Å². The number of nitrogens with one attached hydrogen (secondary N) is 1. The van der Waals surface area contributed by atoms with E-state index in [-0.39, 0.29) is 29.7 Å². The Morgan fingerprint density at radius 1 is 1.19 bits per heavy atom. The first kappa shape index (κ1) is 23.2. The molecule has 0 atom stereocenters. The van der Waals surface area contributed by atoms with Crippen LogP contribution in [0.3, 0.4) is 0 Å². The van der Waals surface area contributed by atoms with Crippen molar-refractivity contribution in [3.8, 4) is 0 Å². The van der Waals surface area contributed by atoms with Crippen molar-refractivity contribution < 1.29 is 8.42 Å². The first-order chi connectivity index (χ1) is 11.9. The summed E-state index contributed by atoms with van der Waals surface area (Å²) >= 11 is 0.